The highest BCUT2D eigenvalue weighted by molar-refractivity contribution is 7.98. The average Bonchev–Trinajstić information content (AvgIpc) is 2.91. The number of amides is 1. The summed E-state index contributed by atoms with van der Waals surface area (Å²) in [6, 6.07) is 19.1. The van der Waals surface area contributed by atoms with Gasteiger partial charge in [0.15, 0.2) is 0 Å². The van der Waals surface area contributed by atoms with Gasteiger partial charge in [-0.3, -0.25) is 9.69 Å². The van der Waals surface area contributed by atoms with Crippen LogP contribution in [0.5, 0.6) is 0 Å². The van der Waals surface area contributed by atoms with E-state index >= 15 is 0 Å². The quantitative estimate of drug-likeness (QED) is 0.346. The molecule has 1 fully saturated rings. The largest absolute Gasteiger partial charge is 0.351 e. The Morgan fingerprint density at radius 3 is 2.34 bits per heavy atom. The van der Waals surface area contributed by atoms with Crippen LogP contribution < -0.4 is 5.32 Å². The van der Waals surface area contributed by atoms with Crippen LogP contribution >= 0.6 is 23.4 Å². The molecule has 1 aliphatic rings. The molecule has 1 aliphatic heterocycles. The van der Waals surface area contributed by atoms with E-state index in [-0.39, 0.29) is 11.7 Å². The van der Waals surface area contributed by atoms with Gasteiger partial charge < -0.3 is 5.32 Å². The lowest BCUT2D eigenvalue weighted by molar-refractivity contribution is 0.0956. The van der Waals surface area contributed by atoms with E-state index in [1.54, 1.807) is 40.7 Å². The van der Waals surface area contributed by atoms with Gasteiger partial charge in [0.25, 0.3) is 5.91 Å². The van der Waals surface area contributed by atoms with Gasteiger partial charge >= 0.3 is 0 Å². The minimum Gasteiger partial charge on any atom is -0.351 e. The second kappa shape index (κ2) is 13.1. The van der Waals surface area contributed by atoms with Crippen molar-refractivity contribution in [3.63, 3.8) is 0 Å². The predicted octanol–water partition coefficient (Wildman–Crippen LogP) is 4.96. The van der Waals surface area contributed by atoms with Crippen LogP contribution in [0.3, 0.4) is 0 Å². The number of piperazine rings is 1. The molecule has 6 nitrogen and oxygen atoms in total. The maximum atomic E-state index is 13.8. The minimum atomic E-state index is -3.48. The lowest BCUT2D eigenvalue weighted by Gasteiger charge is -2.34. The van der Waals surface area contributed by atoms with E-state index in [0.717, 1.165) is 11.1 Å². The fourth-order valence-electron chi connectivity index (χ4n) is 4.19. The topological polar surface area (TPSA) is 69.7 Å². The van der Waals surface area contributed by atoms with Crippen LogP contribution in [-0.4, -0.2) is 62.0 Å². The van der Waals surface area contributed by atoms with Crippen molar-refractivity contribution in [2.75, 3.05) is 38.5 Å². The van der Waals surface area contributed by atoms with Crippen LogP contribution in [0.25, 0.3) is 0 Å². The lowest BCUT2D eigenvalue weighted by atomic mass is 10.1. The summed E-state index contributed by atoms with van der Waals surface area (Å²) in [5.74, 6) is 0.613. The molecular formula is C28H31ClFN3O3S2. The number of hydrogen-bond acceptors (Lipinski definition) is 5. The van der Waals surface area contributed by atoms with Crippen molar-refractivity contribution in [2.45, 2.75) is 24.1 Å². The number of nitrogens with zero attached hydrogens (tertiary/aromatic N) is 2. The first-order chi connectivity index (χ1) is 18.2. The molecule has 0 radical (unpaired) electrons. The van der Waals surface area contributed by atoms with Crippen LogP contribution in [0.1, 0.15) is 27.0 Å². The summed E-state index contributed by atoms with van der Waals surface area (Å²) < 4.78 is 41.2. The summed E-state index contributed by atoms with van der Waals surface area (Å²) in [4.78, 5) is 15.0. The molecule has 10 heteroatoms. The van der Waals surface area contributed by atoms with Crippen molar-refractivity contribution in [3.05, 3.63) is 99.8 Å². The van der Waals surface area contributed by atoms with Crippen molar-refractivity contribution in [2.24, 2.45) is 0 Å². The van der Waals surface area contributed by atoms with E-state index in [1.165, 1.54) is 17.8 Å². The zero-order chi connectivity index (χ0) is 27.1. The fraction of sp³-hybridized carbons (Fsp3) is 0.321. The molecule has 0 saturated carbocycles. The van der Waals surface area contributed by atoms with E-state index < -0.39 is 10.0 Å². The number of carbonyl (C=O) groups is 1. The molecule has 4 rings (SSSR count). The highest BCUT2D eigenvalue weighted by Gasteiger charge is 2.28. The number of carbonyl (C=O) groups excluding carboxylic acids is 1. The minimum absolute atomic E-state index is 0.156. The third-order valence-electron chi connectivity index (χ3n) is 6.45. The van der Waals surface area contributed by atoms with Crippen molar-refractivity contribution in [1.82, 2.24) is 14.5 Å². The summed E-state index contributed by atoms with van der Waals surface area (Å²) in [5.41, 5.74) is 3.15. The van der Waals surface area contributed by atoms with Crippen LogP contribution in [-0.2, 0) is 22.3 Å². The Labute approximate surface area is 233 Å². The van der Waals surface area contributed by atoms with E-state index in [1.807, 2.05) is 31.2 Å². The van der Waals surface area contributed by atoms with Crippen LogP contribution in [0.2, 0.25) is 5.02 Å². The van der Waals surface area contributed by atoms with Crippen molar-refractivity contribution < 1.29 is 17.6 Å². The number of sulfonamides is 1. The Morgan fingerprint density at radius 1 is 1.00 bits per heavy atom. The molecule has 0 aliphatic carbocycles. The maximum Gasteiger partial charge on any atom is 0.251 e. The Morgan fingerprint density at radius 2 is 1.68 bits per heavy atom. The molecule has 38 heavy (non-hydrogen) atoms. The van der Waals surface area contributed by atoms with Crippen molar-refractivity contribution in [1.29, 1.82) is 0 Å². The monoisotopic (exact) mass is 575 g/mol. The Balaban J connectivity index is 1.19. The number of hydrogen-bond donors (Lipinski definition) is 1. The second-order valence-corrected chi connectivity index (χ2v) is 12.6. The molecule has 0 spiro atoms. The number of rotatable bonds is 10. The highest BCUT2D eigenvalue weighted by atomic mass is 35.5. The van der Waals surface area contributed by atoms with E-state index in [2.05, 4.69) is 10.2 Å². The first-order valence-corrected chi connectivity index (χ1v) is 15.4. The van der Waals surface area contributed by atoms with Gasteiger partial charge in [-0.2, -0.15) is 16.1 Å². The van der Waals surface area contributed by atoms with Gasteiger partial charge in [0, 0.05) is 66.9 Å². The standard InChI is InChI=1S/C28H31ClFN3O3S2/c1-21-5-11-24(12-6-21)38(35,36)33-16-14-32(15-17-33)19-22-7-9-23(10-8-22)28(34)31-13-18-37-20-25-26(29)3-2-4-27(25)30/h2-12H,13-20H2,1H3,(H,31,34). The first-order valence-electron chi connectivity index (χ1n) is 12.4. The fourth-order valence-corrected chi connectivity index (χ4v) is 6.81. The second-order valence-electron chi connectivity index (χ2n) is 9.20. The number of aryl methyl sites for hydroxylation is 1. The molecule has 1 heterocycles. The van der Waals surface area contributed by atoms with Gasteiger partial charge in [0.2, 0.25) is 10.0 Å². The molecule has 202 valence electrons. The van der Waals surface area contributed by atoms with Crippen LogP contribution in [0.4, 0.5) is 4.39 Å². The van der Waals surface area contributed by atoms with Gasteiger partial charge in [-0.1, -0.05) is 47.5 Å². The summed E-state index contributed by atoms with van der Waals surface area (Å²) in [6.45, 7) is 5.26. The molecule has 1 amide bonds. The average molecular weight is 576 g/mol. The van der Waals surface area contributed by atoms with Crippen molar-refractivity contribution >= 4 is 39.3 Å². The van der Waals surface area contributed by atoms with E-state index in [4.69, 9.17) is 11.6 Å². The number of nitrogens with one attached hydrogen (secondary N) is 1. The zero-order valence-corrected chi connectivity index (χ0v) is 23.6. The van der Waals surface area contributed by atoms with E-state index in [0.29, 0.717) is 71.8 Å². The molecule has 3 aromatic rings. The normalized spacial score (nSPS) is 14.9. The van der Waals surface area contributed by atoms with Gasteiger partial charge in [0.1, 0.15) is 5.82 Å². The summed E-state index contributed by atoms with van der Waals surface area (Å²) in [6.07, 6.45) is 0. The SMILES string of the molecule is Cc1ccc(S(=O)(=O)N2CCN(Cc3ccc(C(=O)NCCSCc4c(F)cccc4Cl)cc3)CC2)cc1. The molecule has 0 atom stereocenters. The Bertz CT molecular complexity index is 1320. The molecular weight excluding hydrogens is 545 g/mol. The Hall–Kier alpha value is -2.43. The smallest absolute Gasteiger partial charge is 0.251 e. The Kier molecular flexibility index (Phi) is 9.84. The van der Waals surface area contributed by atoms with Crippen LogP contribution in [0, 0.1) is 12.7 Å². The van der Waals surface area contributed by atoms with Gasteiger partial charge in [-0.25, -0.2) is 12.8 Å². The third kappa shape index (κ3) is 7.36. The van der Waals surface area contributed by atoms with Gasteiger partial charge in [0.05, 0.1) is 4.90 Å². The molecule has 0 bridgehead atoms. The molecule has 3 aromatic carbocycles. The number of thioether (sulfide) groups is 1. The van der Waals surface area contributed by atoms with E-state index in [9.17, 15) is 17.6 Å². The summed E-state index contributed by atoms with van der Waals surface area (Å²) in [7, 11) is -3.48. The van der Waals surface area contributed by atoms with Crippen molar-refractivity contribution in [3.8, 4) is 0 Å². The summed E-state index contributed by atoms with van der Waals surface area (Å²) >= 11 is 7.56. The molecule has 1 N–H and O–H groups in total. The number of halogens is 2. The molecule has 0 aromatic heterocycles. The number of benzene rings is 3. The van der Waals surface area contributed by atoms with Gasteiger partial charge in [-0.05, 0) is 48.9 Å². The molecule has 0 unspecified atom stereocenters. The zero-order valence-electron chi connectivity index (χ0n) is 21.2. The third-order valence-corrected chi connectivity index (χ3v) is 9.70. The van der Waals surface area contributed by atoms with Crippen LogP contribution in [0.15, 0.2) is 71.6 Å². The summed E-state index contributed by atoms with van der Waals surface area (Å²) in [5, 5.41) is 3.30. The highest BCUT2D eigenvalue weighted by Crippen LogP contribution is 2.24. The predicted molar refractivity (Wildman–Crippen MR) is 152 cm³/mol. The lowest BCUT2D eigenvalue weighted by Crippen LogP contribution is -2.48. The first kappa shape index (κ1) is 28.6. The maximum absolute atomic E-state index is 13.8. The molecule has 1 saturated heterocycles. The van der Waals surface area contributed by atoms with Gasteiger partial charge in [-0.15, -0.1) is 0 Å².